The lowest BCUT2D eigenvalue weighted by Crippen LogP contribution is -2.48. The molecule has 3 aromatic rings. The van der Waals surface area contributed by atoms with Gasteiger partial charge in [-0.1, -0.05) is 38.8 Å². The largest absolute Gasteiger partial charge is 0.378 e. The van der Waals surface area contributed by atoms with Crippen molar-refractivity contribution in [2.24, 2.45) is 5.73 Å². The summed E-state index contributed by atoms with van der Waals surface area (Å²) in [6.45, 7) is 7.75. The van der Waals surface area contributed by atoms with Crippen molar-refractivity contribution >= 4 is 34.8 Å². The zero-order valence-corrected chi connectivity index (χ0v) is 28.5. The monoisotopic (exact) mass is 640 g/mol. The Bertz CT molecular complexity index is 1460. The molecule has 1 aromatic heterocycles. The lowest BCUT2D eigenvalue weighted by atomic mass is 9.88. The molecule has 47 heavy (non-hydrogen) atoms. The van der Waals surface area contributed by atoms with E-state index in [0.29, 0.717) is 29.7 Å². The molecule has 0 radical (unpaired) electrons. The van der Waals surface area contributed by atoms with Gasteiger partial charge in [0.1, 0.15) is 5.82 Å². The molecule has 2 amide bonds. The van der Waals surface area contributed by atoms with Crippen LogP contribution in [0.4, 0.5) is 23.0 Å². The van der Waals surface area contributed by atoms with Gasteiger partial charge in [0, 0.05) is 56.2 Å². The molecule has 1 atom stereocenters. The van der Waals surface area contributed by atoms with Crippen molar-refractivity contribution in [1.29, 1.82) is 0 Å². The predicted octanol–water partition coefficient (Wildman–Crippen LogP) is 5.93. The Morgan fingerprint density at radius 1 is 0.872 bits per heavy atom. The van der Waals surface area contributed by atoms with E-state index < -0.39 is 5.91 Å². The van der Waals surface area contributed by atoms with Crippen LogP contribution in [0.15, 0.2) is 54.7 Å². The van der Waals surface area contributed by atoms with E-state index in [4.69, 9.17) is 10.7 Å². The number of hydrogen-bond donors (Lipinski definition) is 3. The van der Waals surface area contributed by atoms with Crippen molar-refractivity contribution < 1.29 is 9.59 Å². The van der Waals surface area contributed by atoms with Crippen LogP contribution in [0.1, 0.15) is 97.5 Å². The molecule has 252 valence electrons. The van der Waals surface area contributed by atoms with Crippen LogP contribution < -0.4 is 26.2 Å². The Kier molecular flexibility index (Phi) is 11.7. The number of benzene rings is 2. The van der Waals surface area contributed by atoms with E-state index in [1.165, 1.54) is 57.2 Å². The van der Waals surface area contributed by atoms with Crippen molar-refractivity contribution in [2.75, 3.05) is 55.4 Å². The summed E-state index contributed by atoms with van der Waals surface area (Å²) < 4.78 is 0. The number of hydrogen-bond acceptors (Lipinski definition) is 8. The van der Waals surface area contributed by atoms with E-state index in [0.717, 1.165) is 36.8 Å². The molecular weight excluding hydrogens is 588 g/mol. The Labute approximate surface area is 280 Å². The first-order valence-corrected chi connectivity index (χ1v) is 17.4. The highest BCUT2D eigenvalue weighted by Gasteiger charge is 2.28. The summed E-state index contributed by atoms with van der Waals surface area (Å²) in [5.41, 5.74) is 9.66. The second-order valence-corrected chi connectivity index (χ2v) is 13.0. The van der Waals surface area contributed by atoms with Gasteiger partial charge < -0.3 is 31.1 Å². The fourth-order valence-corrected chi connectivity index (χ4v) is 7.13. The molecule has 3 heterocycles. The predicted molar refractivity (Wildman–Crippen MR) is 191 cm³/mol. The number of piperidine rings is 2. The number of nitrogens with zero attached hydrogens (tertiary/aromatic N) is 5. The van der Waals surface area contributed by atoms with Gasteiger partial charge in [0.2, 0.25) is 0 Å². The first kappa shape index (κ1) is 34.2. The van der Waals surface area contributed by atoms with E-state index in [9.17, 15) is 9.59 Å². The summed E-state index contributed by atoms with van der Waals surface area (Å²) in [5.74, 6) is 0.830. The van der Waals surface area contributed by atoms with E-state index in [-0.39, 0.29) is 17.6 Å². The topological polar surface area (TPSA) is 120 Å². The molecule has 3 aliphatic rings. The SMILES string of the molecule is CC.CN(C)c1ccc(C(=O)N[C@@H]2CCCN(c3cnc(C(N)=O)c(Nc4ccc(C5CCN(C6CCCC6)CC5)cc4)n3)C2)cc1. The van der Waals surface area contributed by atoms with Gasteiger partial charge in [-0.05, 0) is 99.5 Å². The quantitative estimate of drug-likeness (QED) is 0.263. The average Bonchev–Trinajstić information content (AvgIpc) is 3.65. The molecule has 3 fully saturated rings. The van der Waals surface area contributed by atoms with Crippen LogP contribution in [0.2, 0.25) is 0 Å². The van der Waals surface area contributed by atoms with Gasteiger partial charge in [-0.15, -0.1) is 0 Å². The van der Waals surface area contributed by atoms with Gasteiger partial charge in [-0.2, -0.15) is 0 Å². The summed E-state index contributed by atoms with van der Waals surface area (Å²) in [5, 5.41) is 6.48. The number of nitrogens with two attached hydrogens (primary N) is 1. The maximum atomic E-state index is 13.0. The third-order valence-electron chi connectivity index (χ3n) is 9.74. The first-order valence-electron chi connectivity index (χ1n) is 17.4. The molecule has 0 unspecified atom stereocenters. The highest BCUT2D eigenvalue weighted by molar-refractivity contribution is 5.96. The number of primary amides is 1. The van der Waals surface area contributed by atoms with Crippen LogP contribution in [0.5, 0.6) is 0 Å². The van der Waals surface area contributed by atoms with Crippen molar-refractivity contribution in [3.63, 3.8) is 0 Å². The van der Waals surface area contributed by atoms with Crippen LogP contribution in [-0.2, 0) is 0 Å². The molecule has 2 aliphatic heterocycles. The van der Waals surface area contributed by atoms with E-state index in [2.05, 4.69) is 49.7 Å². The number of anilines is 4. The molecule has 2 saturated heterocycles. The number of rotatable bonds is 9. The van der Waals surface area contributed by atoms with Crippen LogP contribution >= 0.6 is 0 Å². The number of aromatic nitrogens is 2. The highest BCUT2D eigenvalue weighted by Crippen LogP contribution is 2.33. The minimum Gasteiger partial charge on any atom is -0.378 e. The fraction of sp³-hybridized carbons (Fsp3) is 0.514. The Balaban J connectivity index is 0.00000213. The summed E-state index contributed by atoms with van der Waals surface area (Å²) in [6.07, 6.45) is 11.3. The van der Waals surface area contributed by atoms with Crippen LogP contribution in [0.25, 0.3) is 0 Å². The molecule has 10 heteroatoms. The fourth-order valence-electron chi connectivity index (χ4n) is 7.13. The van der Waals surface area contributed by atoms with Gasteiger partial charge in [-0.25, -0.2) is 9.97 Å². The van der Waals surface area contributed by atoms with Gasteiger partial charge in [0.15, 0.2) is 11.5 Å². The van der Waals surface area contributed by atoms with Crippen LogP contribution in [-0.4, -0.2) is 79.0 Å². The first-order chi connectivity index (χ1) is 22.8. The maximum Gasteiger partial charge on any atom is 0.271 e. The second-order valence-electron chi connectivity index (χ2n) is 13.0. The van der Waals surface area contributed by atoms with Gasteiger partial charge in [0.25, 0.3) is 11.8 Å². The molecule has 4 N–H and O–H groups in total. The number of nitrogens with one attached hydrogen (secondary N) is 2. The minimum atomic E-state index is -0.633. The maximum absolute atomic E-state index is 13.0. The number of likely N-dealkylation sites (tertiary alicyclic amines) is 1. The lowest BCUT2D eigenvalue weighted by molar-refractivity contribution is 0.0932. The van der Waals surface area contributed by atoms with Gasteiger partial charge in [-0.3, -0.25) is 9.59 Å². The van der Waals surface area contributed by atoms with Gasteiger partial charge in [0.05, 0.1) is 6.20 Å². The third kappa shape index (κ3) is 8.60. The van der Waals surface area contributed by atoms with Crippen molar-refractivity contribution in [3.8, 4) is 0 Å². The van der Waals surface area contributed by atoms with Crippen LogP contribution in [0, 0.1) is 0 Å². The summed E-state index contributed by atoms with van der Waals surface area (Å²) in [7, 11) is 3.95. The minimum absolute atomic E-state index is 0.0358. The zero-order valence-electron chi connectivity index (χ0n) is 28.5. The third-order valence-corrected chi connectivity index (χ3v) is 9.74. The van der Waals surface area contributed by atoms with Crippen molar-refractivity contribution in [1.82, 2.24) is 20.2 Å². The second kappa shape index (κ2) is 16.1. The Morgan fingerprint density at radius 3 is 2.19 bits per heavy atom. The summed E-state index contributed by atoms with van der Waals surface area (Å²) >= 11 is 0. The van der Waals surface area contributed by atoms with E-state index in [1.54, 1.807) is 6.20 Å². The zero-order chi connectivity index (χ0) is 33.3. The van der Waals surface area contributed by atoms with Gasteiger partial charge >= 0.3 is 0 Å². The van der Waals surface area contributed by atoms with E-state index >= 15 is 0 Å². The highest BCUT2D eigenvalue weighted by atomic mass is 16.2. The standard InChI is InChI=1S/C35H46N8O2.C2H6/c1-41(2)29-15-11-26(12-16-29)35(45)39-28-6-5-19-43(23-28)31-22-37-32(33(36)44)34(40-31)38-27-13-9-24(10-14-27)25-17-20-42(21-18-25)30-7-3-4-8-30;1-2/h9-16,22,25,28,30H,3-8,17-21,23H2,1-2H3,(H2,36,44)(H,38,40)(H,39,45);1-2H3/t28-;/m1./s1. The Hall–Kier alpha value is -4.18. The summed E-state index contributed by atoms with van der Waals surface area (Å²) in [6, 6.07) is 16.8. The number of carbonyl (C=O) groups is 2. The summed E-state index contributed by atoms with van der Waals surface area (Å²) in [4.78, 5) is 41.2. The van der Waals surface area contributed by atoms with Crippen molar-refractivity contribution in [2.45, 2.75) is 83.2 Å². The number of amides is 2. The normalized spacial score (nSPS) is 19.1. The molecule has 0 bridgehead atoms. The Morgan fingerprint density at radius 2 is 1.55 bits per heavy atom. The molecular formula is C37H52N8O2. The smallest absolute Gasteiger partial charge is 0.271 e. The number of carbonyl (C=O) groups excluding carboxylic acids is 2. The van der Waals surface area contributed by atoms with Crippen LogP contribution in [0.3, 0.4) is 0 Å². The molecule has 0 spiro atoms. The lowest BCUT2D eigenvalue weighted by Gasteiger charge is -2.36. The molecule has 10 nitrogen and oxygen atoms in total. The average molecular weight is 641 g/mol. The molecule has 1 aliphatic carbocycles. The van der Waals surface area contributed by atoms with Crippen molar-refractivity contribution in [3.05, 3.63) is 71.5 Å². The molecule has 2 aromatic carbocycles. The van der Waals surface area contributed by atoms with E-state index in [1.807, 2.05) is 57.1 Å². The molecule has 1 saturated carbocycles. The molecule has 6 rings (SSSR count).